The summed E-state index contributed by atoms with van der Waals surface area (Å²) in [5, 5.41) is 8.24. The minimum absolute atomic E-state index is 0.0340. The highest BCUT2D eigenvalue weighted by Gasteiger charge is 1.95. The first-order valence-corrected chi connectivity index (χ1v) is 3.48. The van der Waals surface area contributed by atoms with Crippen LogP contribution in [0.3, 0.4) is 0 Å². The second kappa shape index (κ2) is 6.41. The number of ether oxygens (including phenoxy) is 1. The molecule has 0 aliphatic heterocycles. The van der Waals surface area contributed by atoms with Crippen molar-refractivity contribution in [3.05, 3.63) is 0 Å². The highest BCUT2D eigenvalue weighted by molar-refractivity contribution is 5.75. The molecule has 0 rings (SSSR count). The topological polar surface area (TPSA) is 111 Å². The van der Waals surface area contributed by atoms with Crippen LogP contribution in [0.5, 0.6) is 0 Å². The van der Waals surface area contributed by atoms with Gasteiger partial charge < -0.3 is 21.3 Å². The first-order valence-electron chi connectivity index (χ1n) is 3.48. The standard InChI is InChI=1S/C6H13N3O3/c7-6(8)9-4-12-3-1-2-5(10)11/h1-4H2,(H,10,11)(H4,7,8,9). The average Bonchev–Trinajstić information content (AvgIpc) is 1.95. The summed E-state index contributed by atoms with van der Waals surface area (Å²) in [5.74, 6) is -0.867. The Morgan fingerprint density at radius 1 is 1.50 bits per heavy atom. The van der Waals surface area contributed by atoms with Gasteiger partial charge in [-0.2, -0.15) is 0 Å². The third-order valence-electron chi connectivity index (χ3n) is 1.02. The van der Waals surface area contributed by atoms with Gasteiger partial charge in [0, 0.05) is 13.0 Å². The van der Waals surface area contributed by atoms with Crippen LogP contribution in [0.25, 0.3) is 0 Å². The van der Waals surface area contributed by atoms with E-state index in [4.69, 9.17) is 21.3 Å². The Balaban J connectivity index is 3.11. The van der Waals surface area contributed by atoms with Gasteiger partial charge in [-0.05, 0) is 6.42 Å². The lowest BCUT2D eigenvalue weighted by molar-refractivity contribution is -0.137. The van der Waals surface area contributed by atoms with Crippen LogP contribution in [0.1, 0.15) is 12.8 Å². The Kier molecular flexibility index (Phi) is 5.72. The molecule has 0 aliphatic carbocycles. The summed E-state index contributed by atoms with van der Waals surface area (Å²) in [6, 6.07) is 0. The number of nitrogens with two attached hydrogens (primary N) is 2. The smallest absolute Gasteiger partial charge is 0.303 e. The van der Waals surface area contributed by atoms with Gasteiger partial charge >= 0.3 is 5.97 Å². The van der Waals surface area contributed by atoms with E-state index in [9.17, 15) is 4.79 Å². The number of aliphatic carboxylic acids is 1. The Hall–Kier alpha value is -1.30. The highest BCUT2D eigenvalue weighted by Crippen LogP contribution is 1.89. The van der Waals surface area contributed by atoms with Gasteiger partial charge in [0.25, 0.3) is 0 Å². The van der Waals surface area contributed by atoms with Crippen LogP contribution >= 0.6 is 0 Å². The van der Waals surface area contributed by atoms with E-state index >= 15 is 0 Å². The van der Waals surface area contributed by atoms with Crippen molar-refractivity contribution in [1.29, 1.82) is 0 Å². The maximum Gasteiger partial charge on any atom is 0.303 e. The van der Waals surface area contributed by atoms with Crippen molar-refractivity contribution in [2.24, 2.45) is 16.5 Å². The van der Waals surface area contributed by atoms with Crippen LogP contribution in [0, 0.1) is 0 Å². The minimum atomic E-state index is -0.833. The molecule has 0 fully saturated rings. The third kappa shape index (κ3) is 8.70. The molecule has 5 N–H and O–H groups in total. The lowest BCUT2D eigenvalue weighted by atomic mass is 10.3. The third-order valence-corrected chi connectivity index (χ3v) is 1.02. The number of carboxylic acids is 1. The van der Waals surface area contributed by atoms with E-state index in [-0.39, 0.29) is 19.1 Å². The molecule has 12 heavy (non-hydrogen) atoms. The molecule has 0 bridgehead atoms. The van der Waals surface area contributed by atoms with E-state index in [1.54, 1.807) is 0 Å². The second-order valence-corrected chi connectivity index (χ2v) is 2.12. The van der Waals surface area contributed by atoms with Crippen molar-refractivity contribution in [3.63, 3.8) is 0 Å². The van der Waals surface area contributed by atoms with Gasteiger partial charge in [0.15, 0.2) is 5.96 Å². The van der Waals surface area contributed by atoms with E-state index in [1.807, 2.05) is 0 Å². The van der Waals surface area contributed by atoms with Gasteiger partial charge in [-0.1, -0.05) is 0 Å². The zero-order valence-electron chi connectivity index (χ0n) is 6.69. The number of carbonyl (C=O) groups is 1. The van der Waals surface area contributed by atoms with Gasteiger partial charge in [0.1, 0.15) is 6.73 Å². The average molecular weight is 175 g/mol. The molecule has 0 heterocycles. The molecule has 0 aliphatic rings. The molecule has 0 atom stereocenters. The lowest BCUT2D eigenvalue weighted by Crippen LogP contribution is -2.23. The molecule has 0 spiro atoms. The molecular weight excluding hydrogens is 162 g/mol. The minimum Gasteiger partial charge on any atom is -0.481 e. The largest absolute Gasteiger partial charge is 0.481 e. The van der Waals surface area contributed by atoms with Crippen LogP contribution in [0.2, 0.25) is 0 Å². The molecule has 6 nitrogen and oxygen atoms in total. The number of hydrogen-bond acceptors (Lipinski definition) is 3. The van der Waals surface area contributed by atoms with Gasteiger partial charge in [-0.25, -0.2) is 4.99 Å². The summed E-state index contributed by atoms with van der Waals surface area (Å²) in [6.07, 6.45) is 0.567. The number of nitrogens with zero attached hydrogens (tertiary/aromatic N) is 1. The number of hydrogen-bond donors (Lipinski definition) is 3. The first-order chi connectivity index (χ1) is 5.63. The summed E-state index contributed by atoms with van der Waals surface area (Å²) >= 11 is 0. The summed E-state index contributed by atoms with van der Waals surface area (Å²) in [4.78, 5) is 13.6. The fourth-order valence-electron chi connectivity index (χ4n) is 0.510. The van der Waals surface area contributed by atoms with Crippen molar-refractivity contribution in [1.82, 2.24) is 0 Å². The van der Waals surface area contributed by atoms with Gasteiger partial charge in [-0.15, -0.1) is 0 Å². The van der Waals surface area contributed by atoms with Crippen LogP contribution in [-0.4, -0.2) is 30.4 Å². The van der Waals surface area contributed by atoms with E-state index in [0.29, 0.717) is 13.0 Å². The predicted molar refractivity (Wildman–Crippen MR) is 43.5 cm³/mol. The van der Waals surface area contributed by atoms with Crippen molar-refractivity contribution in [2.45, 2.75) is 12.8 Å². The Bertz CT molecular complexity index is 165. The van der Waals surface area contributed by atoms with Gasteiger partial charge in [0.05, 0.1) is 0 Å². The Morgan fingerprint density at radius 2 is 2.17 bits per heavy atom. The second-order valence-electron chi connectivity index (χ2n) is 2.12. The molecule has 6 heteroatoms. The molecule has 0 aromatic rings. The fourth-order valence-corrected chi connectivity index (χ4v) is 0.510. The van der Waals surface area contributed by atoms with Crippen LogP contribution in [0.15, 0.2) is 4.99 Å². The lowest BCUT2D eigenvalue weighted by Gasteiger charge is -1.98. The zero-order chi connectivity index (χ0) is 9.40. The summed E-state index contributed by atoms with van der Waals surface area (Å²) in [6.45, 7) is 0.436. The quantitative estimate of drug-likeness (QED) is 0.275. The summed E-state index contributed by atoms with van der Waals surface area (Å²) in [5.41, 5.74) is 10.0. The maximum atomic E-state index is 10.0. The molecule has 0 unspecified atom stereocenters. The molecule has 0 saturated carbocycles. The van der Waals surface area contributed by atoms with Crippen LogP contribution in [-0.2, 0) is 9.53 Å². The Labute approximate surface area is 70.2 Å². The summed E-state index contributed by atoms with van der Waals surface area (Å²) in [7, 11) is 0. The zero-order valence-corrected chi connectivity index (χ0v) is 6.69. The number of aliphatic imine (C=N–C) groups is 1. The van der Waals surface area contributed by atoms with Crippen molar-refractivity contribution in [2.75, 3.05) is 13.3 Å². The highest BCUT2D eigenvalue weighted by atomic mass is 16.5. The van der Waals surface area contributed by atoms with E-state index in [2.05, 4.69) is 4.99 Å². The van der Waals surface area contributed by atoms with Crippen LogP contribution < -0.4 is 11.5 Å². The van der Waals surface area contributed by atoms with Crippen molar-refractivity contribution < 1.29 is 14.6 Å². The van der Waals surface area contributed by atoms with E-state index in [0.717, 1.165) is 0 Å². The monoisotopic (exact) mass is 175 g/mol. The molecule has 0 radical (unpaired) electrons. The van der Waals surface area contributed by atoms with Gasteiger partial charge in [0.2, 0.25) is 0 Å². The molecule has 70 valence electrons. The maximum absolute atomic E-state index is 10.0. The fraction of sp³-hybridized carbons (Fsp3) is 0.667. The normalized spacial score (nSPS) is 9.33. The Morgan fingerprint density at radius 3 is 2.67 bits per heavy atom. The van der Waals surface area contributed by atoms with Crippen LogP contribution in [0.4, 0.5) is 0 Å². The molecule has 0 amide bonds. The van der Waals surface area contributed by atoms with Crippen molar-refractivity contribution in [3.8, 4) is 0 Å². The molecule has 0 aromatic carbocycles. The van der Waals surface area contributed by atoms with E-state index in [1.165, 1.54) is 0 Å². The molecular formula is C6H13N3O3. The molecule has 0 aromatic heterocycles. The number of guanidine groups is 1. The van der Waals surface area contributed by atoms with E-state index < -0.39 is 5.97 Å². The SMILES string of the molecule is NC(N)=NCOCCCC(=O)O. The number of rotatable bonds is 6. The molecule has 0 saturated heterocycles. The first kappa shape index (κ1) is 10.7. The van der Waals surface area contributed by atoms with Crippen molar-refractivity contribution >= 4 is 11.9 Å². The van der Waals surface area contributed by atoms with Gasteiger partial charge in [-0.3, -0.25) is 4.79 Å². The summed E-state index contributed by atoms with van der Waals surface area (Å²) < 4.78 is 4.88. The number of carboxylic acid groups (broad SMARTS) is 1. The predicted octanol–water partition coefficient (Wildman–Crippen LogP) is -0.901.